The minimum atomic E-state index is -0.127. The zero-order chi connectivity index (χ0) is 16.1. The minimum absolute atomic E-state index is 0.127. The van der Waals surface area contributed by atoms with Crippen LogP contribution in [0.5, 0.6) is 0 Å². The van der Waals surface area contributed by atoms with E-state index in [-0.39, 0.29) is 5.91 Å². The van der Waals surface area contributed by atoms with Crippen molar-refractivity contribution in [2.45, 2.75) is 0 Å². The van der Waals surface area contributed by atoms with Crippen molar-refractivity contribution >= 4 is 29.4 Å². The zero-order valence-electron chi connectivity index (χ0n) is 12.4. The summed E-state index contributed by atoms with van der Waals surface area (Å²) >= 11 is 1.33. The number of benzene rings is 1. The predicted octanol–water partition coefficient (Wildman–Crippen LogP) is 3.13. The first-order valence-corrected chi connectivity index (χ1v) is 7.81. The standard InChI is InChI=1S/C17H14N4OS/c1-18-17(22)14-11-19-15(23-14)8-7-12-9-20-16(21-10-12)13-5-3-2-4-6-13/h2-11H,1H3,(H,18,22)/b8-7-. The van der Waals surface area contributed by atoms with Crippen LogP contribution in [0.1, 0.15) is 20.2 Å². The van der Waals surface area contributed by atoms with E-state index in [0.717, 1.165) is 16.1 Å². The average Bonchev–Trinajstić information content (AvgIpc) is 3.09. The first-order chi connectivity index (χ1) is 11.3. The molecule has 6 heteroatoms. The van der Waals surface area contributed by atoms with E-state index >= 15 is 0 Å². The summed E-state index contributed by atoms with van der Waals surface area (Å²) < 4.78 is 0. The summed E-state index contributed by atoms with van der Waals surface area (Å²) in [5.41, 5.74) is 1.86. The molecule has 3 aromatic rings. The Morgan fingerprint density at radius 2 is 1.78 bits per heavy atom. The summed E-state index contributed by atoms with van der Waals surface area (Å²) in [6.07, 6.45) is 8.82. The van der Waals surface area contributed by atoms with Crippen LogP contribution in [0.4, 0.5) is 0 Å². The molecule has 0 fully saturated rings. The molecule has 0 radical (unpaired) electrons. The van der Waals surface area contributed by atoms with E-state index in [0.29, 0.717) is 10.7 Å². The van der Waals surface area contributed by atoms with Crippen LogP contribution in [0.15, 0.2) is 48.9 Å². The van der Waals surface area contributed by atoms with Gasteiger partial charge in [0.25, 0.3) is 5.91 Å². The number of hydrogen-bond acceptors (Lipinski definition) is 5. The van der Waals surface area contributed by atoms with Crippen LogP contribution in [0.25, 0.3) is 23.5 Å². The second kappa shape index (κ2) is 6.93. The fourth-order valence-electron chi connectivity index (χ4n) is 1.92. The summed E-state index contributed by atoms with van der Waals surface area (Å²) in [5, 5.41) is 3.34. The molecule has 1 amide bonds. The van der Waals surface area contributed by atoms with Gasteiger partial charge in [-0.25, -0.2) is 15.0 Å². The first-order valence-electron chi connectivity index (χ1n) is 7.00. The average molecular weight is 322 g/mol. The van der Waals surface area contributed by atoms with E-state index < -0.39 is 0 Å². The molecule has 5 nitrogen and oxygen atoms in total. The molecule has 1 aromatic carbocycles. The van der Waals surface area contributed by atoms with Gasteiger partial charge in [-0.3, -0.25) is 4.79 Å². The number of hydrogen-bond donors (Lipinski definition) is 1. The van der Waals surface area contributed by atoms with Crippen LogP contribution in [0.3, 0.4) is 0 Å². The maximum Gasteiger partial charge on any atom is 0.262 e. The smallest absolute Gasteiger partial charge is 0.262 e. The van der Waals surface area contributed by atoms with Crippen LogP contribution in [0.2, 0.25) is 0 Å². The number of aromatic nitrogens is 3. The second-order valence-electron chi connectivity index (χ2n) is 4.68. The van der Waals surface area contributed by atoms with Gasteiger partial charge in [0.1, 0.15) is 9.88 Å². The highest BCUT2D eigenvalue weighted by Crippen LogP contribution is 2.17. The highest BCUT2D eigenvalue weighted by atomic mass is 32.1. The lowest BCUT2D eigenvalue weighted by molar-refractivity contribution is 0.0967. The van der Waals surface area contributed by atoms with Gasteiger partial charge in [0.05, 0.1) is 6.20 Å². The van der Waals surface area contributed by atoms with Crippen LogP contribution < -0.4 is 5.32 Å². The Bertz CT molecular complexity index is 825. The van der Waals surface area contributed by atoms with E-state index in [1.807, 2.05) is 42.5 Å². The lowest BCUT2D eigenvalue weighted by atomic mass is 10.2. The molecule has 0 spiro atoms. The molecule has 0 aliphatic rings. The number of carbonyl (C=O) groups is 1. The van der Waals surface area contributed by atoms with Crippen molar-refractivity contribution in [3.8, 4) is 11.4 Å². The van der Waals surface area contributed by atoms with Crippen LogP contribution in [-0.2, 0) is 0 Å². The topological polar surface area (TPSA) is 67.8 Å². The van der Waals surface area contributed by atoms with Crippen molar-refractivity contribution in [3.05, 3.63) is 64.4 Å². The van der Waals surface area contributed by atoms with Crippen molar-refractivity contribution in [3.63, 3.8) is 0 Å². The van der Waals surface area contributed by atoms with E-state index in [4.69, 9.17) is 0 Å². The normalized spacial score (nSPS) is 10.8. The van der Waals surface area contributed by atoms with Crippen LogP contribution in [0, 0.1) is 0 Å². The molecule has 0 atom stereocenters. The monoisotopic (exact) mass is 322 g/mol. The molecule has 0 aliphatic carbocycles. The molecule has 0 saturated carbocycles. The fourth-order valence-corrected chi connectivity index (χ4v) is 2.69. The van der Waals surface area contributed by atoms with E-state index in [9.17, 15) is 4.79 Å². The van der Waals surface area contributed by atoms with Crippen molar-refractivity contribution < 1.29 is 4.79 Å². The fraction of sp³-hybridized carbons (Fsp3) is 0.0588. The van der Waals surface area contributed by atoms with Crippen molar-refractivity contribution in [2.75, 3.05) is 7.05 Å². The zero-order valence-corrected chi connectivity index (χ0v) is 13.2. The molecule has 23 heavy (non-hydrogen) atoms. The highest BCUT2D eigenvalue weighted by Gasteiger charge is 2.06. The van der Waals surface area contributed by atoms with Crippen molar-refractivity contribution in [1.82, 2.24) is 20.3 Å². The van der Waals surface area contributed by atoms with Gasteiger partial charge in [0.2, 0.25) is 0 Å². The third kappa shape index (κ3) is 3.67. The maximum atomic E-state index is 11.5. The van der Waals surface area contributed by atoms with Gasteiger partial charge >= 0.3 is 0 Å². The number of carbonyl (C=O) groups excluding carboxylic acids is 1. The molecule has 0 unspecified atom stereocenters. The molecule has 114 valence electrons. The lowest BCUT2D eigenvalue weighted by Gasteiger charge is -1.99. The molecule has 0 saturated heterocycles. The number of rotatable bonds is 4. The Labute approximate surface area is 137 Å². The van der Waals surface area contributed by atoms with E-state index in [1.165, 1.54) is 11.3 Å². The van der Waals surface area contributed by atoms with Crippen molar-refractivity contribution in [2.24, 2.45) is 0 Å². The second-order valence-corrected chi connectivity index (χ2v) is 5.74. The molecule has 0 bridgehead atoms. The predicted molar refractivity (Wildman–Crippen MR) is 91.9 cm³/mol. The number of nitrogens with zero attached hydrogens (tertiary/aromatic N) is 3. The summed E-state index contributed by atoms with van der Waals surface area (Å²) in [6, 6.07) is 9.82. The van der Waals surface area contributed by atoms with E-state index in [1.54, 1.807) is 25.6 Å². The summed E-state index contributed by atoms with van der Waals surface area (Å²) in [6.45, 7) is 0. The van der Waals surface area contributed by atoms with Gasteiger partial charge in [-0.15, -0.1) is 11.3 Å². The van der Waals surface area contributed by atoms with Crippen LogP contribution >= 0.6 is 11.3 Å². The van der Waals surface area contributed by atoms with Gasteiger partial charge in [-0.2, -0.15) is 0 Å². The molecule has 2 aromatic heterocycles. The van der Waals surface area contributed by atoms with Gasteiger partial charge in [-0.05, 0) is 12.2 Å². The first kappa shape index (κ1) is 15.1. The number of amides is 1. The van der Waals surface area contributed by atoms with Gasteiger partial charge in [-0.1, -0.05) is 30.3 Å². The summed E-state index contributed by atoms with van der Waals surface area (Å²) in [5.74, 6) is 0.566. The Morgan fingerprint density at radius 3 is 2.48 bits per heavy atom. The third-order valence-corrected chi connectivity index (χ3v) is 4.06. The highest BCUT2D eigenvalue weighted by molar-refractivity contribution is 7.14. The Morgan fingerprint density at radius 1 is 1.04 bits per heavy atom. The Balaban J connectivity index is 1.73. The number of nitrogens with one attached hydrogen (secondary N) is 1. The largest absolute Gasteiger partial charge is 0.354 e. The molecule has 0 aliphatic heterocycles. The van der Waals surface area contributed by atoms with Gasteiger partial charge < -0.3 is 5.32 Å². The van der Waals surface area contributed by atoms with E-state index in [2.05, 4.69) is 20.3 Å². The van der Waals surface area contributed by atoms with Crippen LogP contribution in [-0.4, -0.2) is 27.9 Å². The molecular weight excluding hydrogens is 308 g/mol. The third-order valence-electron chi connectivity index (χ3n) is 3.10. The minimum Gasteiger partial charge on any atom is -0.354 e. The van der Waals surface area contributed by atoms with Crippen molar-refractivity contribution in [1.29, 1.82) is 0 Å². The van der Waals surface area contributed by atoms with Gasteiger partial charge in [0.15, 0.2) is 5.82 Å². The SMILES string of the molecule is CNC(=O)c1cnc(/C=C\c2cnc(-c3ccccc3)nc2)s1. The Kier molecular flexibility index (Phi) is 4.54. The molecule has 3 rings (SSSR count). The lowest BCUT2D eigenvalue weighted by Crippen LogP contribution is -2.16. The molecule has 1 N–H and O–H groups in total. The molecule has 2 heterocycles. The number of thiazole rings is 1. The summed E-state index contributed by atoms with van der Waals surface area (Å²) in [7, 11) is 1.60. The Hall–Kier alpha value is -2.86. The maximum absolute atomic E-state index is 11.5. The van der Waals surface area contributed by atoms with Gasteiger partial charge in [0, 0.05) is 30.6 Å². The molecular formula is C17H14N4OS. The summed E-state index contributed by atoms with van der Waals surface area (Å²) in [4.78, 5) is 25.0. The quantitative estimate of drug-likeness (QED) is 0.801.